The molecule has 1 aliphatic heterocycles. The van der Waals surface area contributed by atoms with E-state index in [9.17, 15) is 9.18 Å². The first-order valence-electron chi connectivity index (χ1n) is 6.27. The molecule has 0 aliphatic carbocycles. The zero-order chi connectivity index (χ0) is 13.7. The lowest BCUT2D eigenvalue weighted by Crippen LogP contribution is -2.46. The lowest BCUT2D eigenvalue weighted by Gasteiger charge is -2.26. The zero-order valence-electron chi connectivity index (χ0n) is 10.5. The molecular formula is C13H16BrFN2O2. The maximum absolute atomic E-state index is 12.9. The van der Waals surface area contributed by atoms with E-state index in [1.165, 1.54) is 24.6 Å². The SMILES string of the molecule is O=C(COc1ccc(F)cc1Br)NN1CCCCC1. The first-order chi connectivity index (χ1) is 9.15. The summed E-state index contributed by atoms with van der Waals surface area (Å²) >= 11 is 3.19. The Balaban J connectivity index is 1.79. The molecule has 19 heavy (non-hydrogen) atoms. The number of nitrogens with zero attached hydrogens (tertiary/aromatic N) is 1. The van der Waals surface area contributed by atoms with E-state index in [1.54, 1.807) is 0 Å². The van der Waals surface area contributed by atoms with Crippen LogP contribution in [0.25, 0.3) is 0 Å². The van der Waals surface area contributed by atoms with Crippen molar-refractivity contribution in [1.82, 2.24) is 10.4 Å². The Bertz CT molecular complexity index is 450. The van der Waals surface area contributed by atoms with Crippen molar-refractivity contribution in [1.29, 1.82) is 0 Å². The molecule has 1 aliphatic rings. The van der Waals surface area contributed by atoms with E-state index in [0.29, 0.717) is 10.2 Å². The van der Waals surface area contributed by atoms with Gasteiger partial charge in [-0.05, 0) is 47.0 Å². The van der Waals surface area contributed by atoms with Gasteiger partial charge in [0.1, 0.15) is 11.6 Å². The quantitative estimate of drug-likeness (QED) is 0.922. The van der Waals surface area contributed by atoms with Crippen molar-refractivity contribution in [3.05, 3.63) is 28.5 Å². The van der Waals surface area contributed by atoms with E-state index >= 15 is 0 Å². The van der Waals surface area contributed by atoms with Gasteiger partial charge in [-0.1, -0.05) is 6.42 Å². The smallest absolute Gasteiger partial charge is 0.272 e. The Kier molecular flexibility index (Phi) is 5.15. The van der Waals surface area contributed by atoms with Crippen LogP contribution in [0.1, 0.15) is 19.3 Å². The average molecular weight is 331 g/mol. The highest BCUT2D eigenvalue weighted by atomic mass is 79.9. The van der Waals surface area contributed by atoms with E-state index in [1.807, 2.05) is 5.01 Å². The van der Waals surface area contributed by atoms with Gasteiger partial charge in [0.25, 0.3) is 5.91 Å². The van der Waals surface area contributed by atoms with Crippen molar-refractivity contribution < 1.29 is 13.9 Å². The minimum Gasteiger partial charge on any atom is -0.483 e. The molecule has 0 radical (unpaired) electrons. The van der Waals surface area contributed by atoms with Gasteiger partial charge >= 0.3 is 0 Å². The molecular weight excluding hydrogens is 315 g/mol. The average Bonchev–Trinajstić information content (AvgIpc) is 2.39. The molecule has 2 rings (SSSR count). The third-order valence-electron chi connectivity index (χ3n) is 2.89. The molecule has 1 aromatic rings. The van der Waals surface area contributed by atoms with Crippen LogP contribution in [0.3, 0.4) is 0 Å². The van der Waals surface area contributed by atoms with Crippen molar-refractivity contribution in [2.24, 2.45) is 0 Å². The molecule has 0 aromatic heterocycles. The maximum Gasteiger partial charge on any atom is 0.272 e. The topological polar surface area (TPSA) is 41.6 Å². The van der Waals surface area contributed by atoms with E-state index in [-0.39, 0.29) is 18.3 Å². The summed E-state index contributed by atoms with van der Waals surface area (Å²) in [5, 5.41) is 1.91. The first-order valence-corrected chi connectivity index (χ1v) is 7.07. The van der Waals surface area contributed by atoms with Gasteiger partial charge in [0, 0.05) is 13.1 Å². The van der Waals surface area contributed by atoms with Crippen LogP contribution in [-0.2, 0) is 4.79 Å². The van der Waals surface area contributed by atoms with Gasteiger partial charge in [0.2, 0.25) is 0 Å². The highest BCUT2D eigenvalue weighted by molar-refractivity contribution is 9.10. The van der Waals surface area contributed by atoms with E-state index < -0.39 is 0 Å². The van der Waals surface area contributed by atoms with Crippen molar-refractivity contribution >= 4 is 21.8 Å². The monoisotopic (exact) mass is 330 g/mol. The fourth-order valence-electron chi connectivity index (χ4n) is 1.95. The van der Waals surface area contributed by atoms with Crippen molar-refractivity contribution in [2.45, 2.75) is 19.3 Å². The lowest BCUT2D eigenvalue weighted by atomic mass is 10.2. The second kappa shape index (κ2) is 6.86. The Hall–Kier alpha value is -1.14. The number of carbonyl (C=O) groups is 1. The van der Waals surface area contributed by atoms with Gasteiger partial charge in [-0.25, -0.2) is 9.40 Å². The van der Waals surface area contributed by atoms with Gasteiger partial charge < -0.3 is 4.74 Å². The highest BCUT2D eigenvalue weighted by Gasteiger charge is 2.13. The number of hydrogen-bond acceptors (Lipinski definition) is 3. The standard InChI is InChI=1S/C13H16BrFN2O2/c14-11-8-10(15)4-5-12(11)19-9-13(18)16-17-6-2-1-3-7-17/h4-5,8H,1-3,6-7,9H2,(H,16,18). The number of hydrogen-bond donors (Lipinski definition) is 1. The lowest BCUT2D eigenvalue weighted by molar-refractivity contribution is -0.128. The minimum absolute atomic E-state index is 0.0826. The first kappa shape index (κ1) is 14.3. The molecule has 1 N–H and O–H groups in total. The number of nitrogens with one attached hydrogen (secondary N) is 1. The molecule has 0 bridgehead atoms. The molecule has 1 aromatic carbocycles. The number of benzene rings is 1. The molecule has 1 heterocycles. The third kappa shape index (κ3) is 4.47. The van der Waals surface area contributed by atoms with Crippen LogP contribution >= 0.6 is 15.9 Å². The van der Waals surface area contributed by atoms with Gasteiger partial charge in [-0.3, -0.25) is 10.2 Å². The number of hydrazine groups is 1. The van der Waals surface area contributed by atoms with Crippen LogP contribution < -0.4 is 10.2 Å². The zero-order valence-corrected chi connectivity index (χ0v) is 12.1. The molecule has 0 atom stereocenters. The number of halogens is 2. The summed E-state index contributed by atoms with van der Waals surface area (Å²) in [4.78, 5) is 11.7. The van der Waals surface area contributed by atoms with Crippen LogP contribution in [0.5, 0.6) is 5.75 Å². The number of amides is 1. The molecule has 1 fully saturated rings. The number of ether oxygens (including phenoxy) is 1. The van der Waals surface area contributed by atoms with Gasteiger partial charge in [-0.15, -0.1) is 0 Å². The Labute approximate surface area is 120 Å². The predicted octanol–water partition coefficient (Wildman–Crippen LogP) is 2.48. The molecule has 0 spiro atoms. The molecule has 0 unspecified atom stereocenters. The van der Waals surface area contributed by atoms with Crippen molar-refractivity contribution in [2.75, 3.05) is 19.7 Å². The van der Waals surface area contributed by atoms with E-state index in [4.69, 9.17) is 4.74 Å². The molecule has 0 saturated carbocycles. The largest absolute Gasteiger partial charge is 0.483 e. The molecule has 104 valence electrons. The summed E-state index contributed by atoms with van der Waals surface area (Å²) in [7, 11) is 0. The molecule has 4 nitrogen and oxygen atoms in total. The van der Waals surface area contributed by atoms with Crippen molar-refractivity contribution in [3.8, 4) is 5.75 Å². The van der Waals surface area contributed by atoms with Crippen LogP contribution in [0.2, 0.25) is 0 Å². The summed E-state index contributed by atoms with van der Waals surface area (Å²) < 4.78 is 18.7. The second-order valence-corrected chi connectivity index (χ2v) is 5.30. The minimum atomic E-state index is -0.350. The van der Waals surface area contributed by atoms with Crippen LogP contribution in [0, 0.1) is 5.82 Å². The van der Waals surface area contributed by atoms with Crippen LogP contribution in [-0.4, -0.2) is 30.6 Å². The fourth-order valence-corrected chi connectivity index (χ4v) is 2.42. The summed E-state index contributed by atoms with van der Waals surface area (Å²) in [5.41, 5.74) is 2.80. The Morgan fingerprint density at radius 1 is 1.37 bits per heavy atom. The highest BCUT2D eigenvalue weighted by Crippen LogP contribution is 2.25. The Morgan fingerprint density at radius 3 is 2.79 bits per heavy atom. The molecule has 1 amide bonds. The van der Waals surface area contributed by atoms with Gasteiger partial charge in [-0.2, -0.15) is 0 Å². The Morgan fingerprint density at radius 2 is 2.11 bits per heavy atom. The molecule has 1 saturated heterocycles. The van der Waals surface area contributed by atoms with E-state index in [0.717, 1.165) is 25.9 Å². The fraction of sp³-hybridized carbons (Fsp3) is 0.462. The summed E-state index contributed by atoms with van der Waals surface area (Å²) in [6, 6.07) is 4.09. The number of rotatable bonds is 4. The van der Waals surface area contributed by atoms with Gasteiger partial charge in [0.05, 0.1) is 4.47 Å². The normalized spacial score (nSPS) is 16.1. The summed E-state index contributed by atoms with van der Waals surface area (Å²) in [5.74, 6) is -0.0923. The predicted molar refractivity (Wildman–Crippen MR) is 73.2 cm³/mol. The maximum atomic E-state index is 12.9. The number of piperidine rings is 1. The van der Waals surface area contributed by atoms with Crippen molar-refractivity contribution in [3.63, 3.8) is 0 Å². The summed E-state index contributed by atoms with van der Waals surface area (Å²) in [6.45, 7) is 1.68. The second-order valence-electron chi connectivity index (χ2n) is 4.45. The van der Waals surface area contributed by atoms with E-state index in [2.05, 4.69) is 21.4 Å². The number of carbonyl (C=O) groups excluding carboxylic acids is 1. The third-order valence-corrected chi connectivity index (χ3v) is 3.51. The van der Waals surface area contributed by atoms with Gasteiger partial charge in [0.15, 0.2) is 6.61 Å². The van der Waals surface area contributed by atoms with Crippen LogP contribution in [0.15, 0.2) is 22.7 Å². The van der Waals surface area contributed by atoms with Crippen LogP contribution in [0.4, 0.5) is 4.39 Å². The molecule has 6 heteroatoms. The summed E-state index contributed by atoms with van der Waals surface area (Å²) in [6.07, 6.45) is 3.42.